The van der Waals surface area contributed by atoms with Crippen LogP contribution in [0.25, 0.3) is 0 Å². The Hall–Kier alpha value is -2.34. The number of likely N-dealkylation sites (N-methyl/N-ethyl adjacent to an activating group) is 1. The Balaban J connectivity index is 1.35. The van der Waals surface area contributed by atoms with Gasteiger partial charge in [0.15, 0.2) is 0 Å². The first-order valence-electron chi connectivity index (χ1n) is 10.6. The van der Waals surface area contributed by atoms with Gasteiger partial charge in [-0.1, -0.05) is 31.0 Å². The molecule has 2 aromatic rings. The third-order valence-corrected chi connectivity index (χ3v) is 5.90. The number of rotatable bonds is 7. The second kappa shape index (κ2) is 8.78. The zero-order valence-electron chi connectivity index (χ0n) is 16.8. The normalized spacial score (nSPS) is 17.6. The van der Waals surface area contributed by atoms with E-state index in [1.165, 1.54) is 36.9 Å². The van der Waals surface area contributed by atoms with Crippen LogP contribution in [0.15, 0.2) is 36.5 Å². The van der Waals surface area contributed by atoms with Gasteiger partial charge in [-0.15, -0.1) is 0 Å². The average molecular weight is 382 g/mol. The Kier molecular flexibility index (Phi) is 5.95. The summed E-state index contributed by atoms with van der Waals surface area (Å²) < 4.78 is 1.99. The van der Waals surface area contributed by atoms with Crippen molar-refractivity contribution in [3.63, 3.8) is 0 Å². The van der Waals surface area contributed by atoms with Crippen LogP contribution in [-0.4, -0.2) is 47.3 Å². The molecule has 1 aromatic heterocycles. The van der Waals surface area contributed by atoms with Crippen molar-refractivity contribution in [1.82, 2.24) is 14.7 Å². The molecule has 1 N–H and O–H groups in total. The zero-order chi connectivity index (χ0) is 19.3. The molecule has 1 aromatic carbocycles. The van der Waals surface area contributed by atoms with E-state index >= 15 is 0 Å². The Morgan fingerprint density at radius 1 is 1.14 bits per heavy atom. The van der Waals surface area contributed by atoms with Crippen LogP contribution >= 0.6 is 0 Å². The van der Waals surface area contributed by atoms with Crippen LogP contribution < -0.4 is 10.2 Å². The lowest BCUT2D eigenvalue weighted by Gasteiger charge is -2.24. The molecular formula is C22H31N5O. The van der Waals surface area contributed by atoms with E-state index < -0.39 is 0 Å². The van der Waals surface area contributed by atoms with Crippen LogP contribution in [0.3, 0.4) is 0 Å². The van der Waals surface area contributed by atoms with Crippen molar-refractivity contribution < 1.29 is 4.79 Å². The van der Waals surface area contributed by atoms with Crippen LogP contribution in [-0.2, 0) is 11.3 Å². The summed E-state index contributed by atoms with van der Waals surface area (Å²) in [5.41, 5.74) is 2.60. The summed E-state index contributed by atoms with van der Waals surface area (Å²) in [5.74, 6) is 0.837. The number of benzene rings is 1. The topological polar surface area (TPSA) is 53.4 Å². The average Bonchev–Trinajstić information content (AvgIpc) is 3.44. The molecule has 1 aliphatic carbocycles. The number of nitrogens with zero attached hydrogens (tertiary/aromatic N) is 4. The summed E-state index contributed by atoms with van der Waals surface area (Å²) in [6.45, 7) is 3.39. The van der Waals surface area contributed by atoms with Gasteiger partial charge in [0.1, 0.15) is 5.82 Å². The molecule has 0 bridgehead atoms. The van der Waals surface area contributed by atoms with E-state index in [2.05, 4.69) is 44.5 Å². The number of hydrogen-bond donors (Lipinski definition) is 1. The molecule has 2 fully saturated rings. The summed E-state index contributed by atoms with van der Waals surface area (Å²) in [6, 6.07) is 10.9. The van der Waals surface area contributed by atoms with E-state index in [-0.39, 0.29) is 5.91 Å². The first-order valence-corrected chi connectivity index (χ1v) is 10.6. The maximum atomic E-state index is 12.6. The Bertz CT molecular complexity index is 790. The third kappa shape index (κ3) is 4.38. The molecule has 0 unspecified atom stereocenters. The summed E-state index contributed by atoms with van der Waals surface area (Å²) in [7, 11) is 2.01. The molecule has 6 heteroatoms. The largest absolute Gasteiger partial charge is 0.371 e. The number of hydrogen-bond acceptors (Lipinski definition) is 4. The molecule has 1 saturated heterocycles. The maximum absolute atomic E-state index is 12.6. The van der Waals surface area contributed by atoms with Crippen LogP contribution in [0.2, 0.25) is 0 Å². The highest BCUT2D eigenvalue weighted by Gasteiger charge is 2.21. The van der Waals surface area contributed by atoms with Crippen LogP contribution in [0.5, 0.6) is 0 Å². The molecule has 1 saturated carbocycles. The molecule has 2 heterocycles. The molecule has 28 heavy (non-hydrogen) atoms. The summed E-state index contributed by atoms with van der Waals surface area (Å²) in [4.78, 5) is 17.2. The first-order chi connectivity index (χ1) is 13.7. The standard InChI is InChI=1S/C22H31N5O/c1-25(16-18-8-2-5-11-20(18)26-14-6-7-15-26)17-22(28)24-21-12-13-23-27(21)19-9-3-4-10-19/h2,5,8,11-13,19H,3-4,6-7,9-10,14-17H2,1H3,(H,24,28). The van der Waals surface area contributed by atoms with Gasteiger partial charge in [-0.25, -0.2) is 4.68 Å². The van der Waals surface area contributed by atoms with Crippen molar-refractivity contribution >= 4 is 17.4 Å². The fraction of sp³-hybridized carbons (Fsp3) is 0.545. The zero-order valence-corrected chi connectivity index (χ0v) is 16.8. The van der Waals surface area contributed by atoms with Gasteiger partial charge < -0.3 is 10.2 Å². The Morgan fingerprint density at radius 2 is 1.89 bits per heavy atom. The molecule has 0 atom stereocenters. The quantitative estimate of drug-likeness (QED) is 0.795. The van der Waals surface area contributed by atoms with Gasteiger partial charge in [0.25, 0.3) is 0 Å². The molecule has 4 rings (SSSR count). The molecule has 0 spiro atoms. The number of amides is 1. The van der Waals surface area contributed by atoms with Gasteiger partial charge in [-0.3, -0.25) is 9.69 Å². The van der Waals surface area contributed by atoms with Gasteiger partial charge in [-0.05, 0) is 44.4 Å². The summed E-state index contributed by atoms with van der Waals surface area (Å²) in [6.07, 6.45) is 9.11. The number of carbonyl (C=O) groups excluding carboxylic acids is 1. The molecular weight excluding hydrogens is 350 g/mol. The van der Waals surface area contributed by atoms with E-state index in [1.807, 2.05) is 17.8 Å². The number of para-hydroxylation sites is 1. The second-order valence-electron chi connectivity index (χ2n) is 8.14. The lowest BCUT2D eigenvalue weighted by molar-refractivity contribution is -0.117. The minimum absolute atomic E-state index is 0.0147. The highest BCUT2D eigenvalue weighted by Crippen LogP contribution is 2.31. The molecule has 1 amide bonds. The third-order valence-electron chi connectivity index (χ3n) is 5.90. The van der Waals surface area contributed by atoms with Gasteiger partial charge in [0, 0.05) is 31.4 Å². The highest BCUT2D eigenvalue weighted by molar-refractivity contribution is 5.91. The fourth-order valence-electron chi connectivity index (χ4n) is 4.54. The molecule has 150 valence electrons. The van der Waals surface area contributed by atoms with Gasteiger partial charge in [-0.2, -0.15) is 5.10 Å². The Morgan fingerprint density at radius 3 is 2.68 bits per heavy atom. The van der Waals surface area contributed by atoms with E-state index in [0.29, 0.717) is 12.6 Å². The monoisotopic (exact) mass is 381 g/mol. The number of nitrogens with one attached hydrogen (secondary N) is 1. The molecule has 6 nitrogen and oxygen atoms in total. The van der Waals surface area contributed by atoms with Crippen LogP contribution in [0.1, 0.15) is 50.1 Å². The van der Waals surface area contributed by atoms with E-state index in [4.69, 9.17) is 0 Å². The summed E-state index contributed by atoms with van der Waals surface area (Å²) >= 11 is 0. The predicted octanol–water partition coefficient (Wildman–Crippen LogP) is 3.67. The van der Waals surface area contributed by atoms with Gasteiger partial charge >= 0.3 is 0 Å². The lowest BCUT2D eigenvalue weighted by Crippen LogP contribution is -2.31. The molecule has 2 aliphatic rings. The smallest absolute Gasteiger partial charge is 0.239 e. The minimum atomic E-state index is 0.0147. The van der Waals surface area contributed by atoms with Crippen molar-refractivity contribution in [3.8, 4) is 0 Å². The second-order valence-corrected chi connectivity index (χ2v) is 8.14. The van der Waals surface area contributed by atoms with Gasteiger partial charge in [0.2, 0.25) is 5.91 Å². The van der Waals surface area contributed by atoms with Crippen molar-refractivity contribution in [2.24, 2.45) is 0 Å². The van der Waals surface area contributed by atoms with Crippen molar-refractivity contribution in [2.75, 3.05) is 36.9 Å². The number of aromatic nitrogens is 2. The summed E-state index contributed by atoms with van der Waals surface area (Å²) in [5, 5.41) is 7.50. The van der Waals surface area contributed by atoms with Crippen molar-refractivity contribution in [3.05, 3.63) is 42.1 Å². The first kappa shape index (κ1) is 19.0. The number of carbonyl (C=O) groups is 1. The van der Waals surface area contributed by atoms with Crippen molar-refractivity contribution in [1.29, 1.82) is 0 Å². The molecule has 0 radical (unpaired) electrons. The predicted molar refractivity (Wildman–Crippen MR) is 113 cm³/mol. The lowest BCUT2D eigenvalue weighted by atomic mass is 10.1. The van der Waals surface area contributed by atoms with Crippen LogP contribution in [0.4, 0.5) is 11.5 Å². The van der Waals surface area contributed by atoms with Crippen molar-refractivity contribution in [2.45, 2.75) is 51.1 Å². The minimum Gasteiger partial charge on any atom is -0.371 e. The Labute approximate surface area is 167 Å². The highest BCUT2D eigenvalue weighted by atomic mass is 16.2. The fourth-order valence-corrected chi connectivity index (χ4v) is 4.54. The van der Waals surface area contributed by atoms with E-state index in [1.54, 1.807) is 6.20 Å². The number of anilines is 2. The maximum Gasteiger partial charge on any atom is 0.239 e. The SMILES string of the molecule is CN(CC(=O)Nc1ccnn1C1CCCC1)Cc1ccccc1N1CCCC1. The van der Waals surface area contributed by atoms with E-state index in [0.717, 1.165) is 38.3 Å². The molecule has 1 aliphatic heterocycles. The van der Waals surface area contributed by atoms with E-state index in [9.17, 15) is 4.79 Å². The van der Waals surface area contributed by atoms with Gasteiger partial charge in [0.05, 0.1) is 18.8 Å². The van der Waals surface area contributed by atoms with Crippen LogP contribution in [0, 0.1) is 0 Å².